The summed E-state index contributed by atoms with van der Waals surface area (Å²) in [6.45, 7) is 12.9. The van der Waals surface area contributed by atoms with Crippen molar-refractivity contribution in [3.05, 3.63) is 76.8 Å². The van der Waals surface area contributed by atoms with Crippen LogP contribution in [0.5, 0.6) is 11.5 Å². The van der Waals surface area contributed by atoms with E-state index in [0.29, 0.717) is 23.5 Å². The number of rotatable bonds is 12. The molecule has 2 N–H and O–H groups in total. The lowest BCUT2D eigenvalue weighted by molar-refractivity contribution is 0.459. The van der Waals surface area contributed by atoms with Crippen molar-refractivity contribution in [2.45, 2.75) is 86.5 Å². The van der Waals surface area contributed by atoms with E-state index in [9.17, 15) is 10.2 Å². The highest BCUT2D eigenvalue weighted by Gasteiger charge is 2.13. The molecule has 0 aromatic heterocycles. The first-order valence-electron chi connectivity index (χ1n) is 12.4. The summed E-state index contributed by atoms with van der Waals surface area (Å²) in [6, 6.07) is 7.49. The monoisotopic (exact) mass is 447 g/mol. The van der Waals surface area contributed by atoms with Gasteiger partial charge in [-0.25, -0.2) is 0 Å². The summed E-state index contributed by atoms with van der Waals surface area (Å²) in [5.74, 6) is 1.02. The molecule has 2 nitrogen and oxygen atoms in total. The summed E-state index contributed by atoms with van der Waals surface area (Å²) >= 11 is 0. The second-order valence-electron chi connectivity index (χ2n) is 9.80. The third-order valence-corrected chi connectivity index (χ3v) is 6.49. The predicted octanol–water partition coefficient (Wildman–Crippen LogP) is 9.14. The van der Waals surface area contributed by atoms with Gasteiger partial charge in [0.2, 0.25) is 0 Å². The topological polar surface area (TPSA) is 40.5 Å². The molecule has 33 heavy (non-hydrogen) atoms. The molecule has 2 heteroatoms. The molecule has 0 heterocycles. The minimum atomic E-state index is 0.277. The minimum absolute atomic E-state index is 0.277. The number of phenolic OH excluding ortho intramolecular Hbond substituents is 2. The summed E-state index contributed by atoms with van der Waals surface area (Å²) in [5.41, 5.74) is 5.95. The van der Waals surface area contributed by atoms with Gasteiger partial charge in [-0.05, 0) is 77.8 Å². The summed E-state index contributed by atoms with van der Waals surface area (Å²) in [5, 5.41) is 22.8. The summed E-state index contributed by atoms with van der Waals surface area (Å²) in [4.78, 5) is 0. The van der Waals surface area contributed by atoms with Gasteiger partial charge in [-0.1, -0.05) is 72.6 Å². The Labute approximate surface area is 201 Å². The number of hydrogen-bond acceptors (Lipinski definition) is 2. The van der Waals surface area contributed by atoms with Gasteiger partial charge in [0.1, 0.15) is 11.5 Å². The summed E-state index contributed by atoms with van der Waals surface area (Å²) in [7, 11) is 0. The third-order valence-electron chi connectivity index (χ3n) is 6.49. The fourth-order valence-corrected chi connectivity index (χ4v) is 4.20. The van der Waals surface area contributed by atoms with Gasteiger partial charge in [-0.2, -0.15) is 5.92 Å². The van der Waals surface area contributed by atoms with Crippen LogP contribution in [0.25, 0.3) is 10.8 Å². The zero-order chi connectivity index (χ0) is 24.4. The fourth-order valence-electron chi connectivity index (χ4n) is 4.20. The van der Waals surface area contributed by atoms with Crippen LogP contribution >= 0.6 is 0 Å². The first-order valence-corrected chi connectivity index (χ1v) is 12.4. The highest BCUT2D eigenvalue weighted by molar-refractivity contribution is 5.95. The molecule has 0 amide bonds. The van der Waals surface area contributed by atoms with E-state index in [0.717, 1.165) is 55.0 Å². The van der Waals surface area contributed by atoms with Crippen molar-refractivity contribution < 1.29 is 10.2 Å². The lowest BCUT2D eigenvalue weighted by Crippen LogP contribution is -2.01. The van der Waals surface area contributed by atoms with Crippen molar-refractivity contribution in [2.75, 3.05) is 0 Å². The Hall–Kier alpha value is -2.48. The molecule has 0 aliphatic carbocycles. The van der Waals surface area contributed by atoms with Crippen LogP contribution in [-0.2, 0) is 6.42 Å². The number of aromatic hydroxyl groups is 2. The molecule has 1 atom stereocenters. The SMILES string of the molecule is CC(C)=CCC/C(C)=C/CC/C(C)=C/CC[C@@H](C)[CH-]Cc1c(C)c(O)c2ccccc2c1O. The van der Waals surface area contributed by atoms with E-state index >= 15 is 0 Å². The van der Waals surface area contributed by atoms with Crippen molar-refractivity contribution in [2.24, 2.45) is 5.92 Å². The van der Waals surface area contributed by atoms with Crippen molar-refractivity contribution in [1.29, 1.82) is 0 Å². The average molecular weight is 448 g/mol. The van der Waals surface area contributed by atoms with Gasteiger partial charge in [-0.3, -0.25) is 0 Å². The molecule has 0 aliphatic rings. The van der Waals surface area contributed by atoms with Crippen molar-refractivity contribution in [3.63, 3.8) is 0 Å². The van der Waals surface area contributed by atoms with Crippen LogP contribution < -0.4 is 0 Å². The van der Waals surface area contributed by atoms with E-state index in [1.807, 2.05) is 31.2 Å². The molecule has 0 unspecified atom stereocenters. The van der Waals surface area contributed by atoms with E-state index in [2.05, 4.69) is 59.3 Å². The number of allylic oxidation sites excluding steroid dienone is 6. The maximum atomic E-state index is 10.8. The molecule has 0 fully saturated rings. The van der Waals surface area contributed by atoms with Crippen LogP contribution in [0, 0.1) is 19.3 Å². The van der Waals surface area contributed by atoms with Gasteiger partial charge in [-0.15, -0.1) is 6.42 Å². The first-order chi connectivity index (χ1) is 15.7. The van der Waals surface area contributed by atoms with Gasteiger partial charge in [0.25, 0.3) is 0 Å². The van der Waals surface area contributed by atoms with E-state index < -0.39 is 0 Å². The molecule has 0 saturated carbocycles. The standard InChI is InChI=1S/C31H43O2/c1-22(2)12-9-13-23(3)14-10-15-24(4)16-11-17-25(5)20-21-27-26(6)30(32)28-18-7-8-19-29(28)31(27)33/h7-8,12,14,16,18-20,25,32-33H,9-11,13,15,17,21H2,1-6H3/q-1/b23-14+,24-16+/t25-/m1/s1. The smallest absolute Gasteiger partial charge is 0.126 e. The van der Waals surface area contributed by atoms with Crippen molar-refractivity contribution in [3.8, 4) is 11.5 Å². The van der Waals surface area contributed by atoms with Crippen molar-refractivity contribution >= 4 is 10.8 Å². The first kappa shape index (κ1) is 26.8. The van der Waals surface area contributed by atoms with E-state index in [1.54, 1.807) is 0 Å². The van der Waals surface area contributed by atoms with Crippen LogP contribution in [0.3, 0.4) is 0 Å². The molecule has 0 saturated heterocycles. The Morgan fingerprint density at radius 2 is 1.39 bits per heavy atom. The number of hydrogen-bond donors (Lipinski definition) is 2. The zero-order valence-corrected chi connectivity index (χ0v) is 21.5. The molecule has 2 aromatic rings. The molecule has 0 aliphatic heterocycles. The highest BCUT2D eigenvalue weighted by atomic mass is 16.3. The van der Waals surface area contributed by atoms with Crippen LogP contribution in [0.15, 0.2) is 59.2 Å². The zero-order valence-electron chi connectivity index (χ0n) is 21.5. The Morgan fingerprint density at radius 1 is 0.848 bits per heavy atom. The van der Waals surface area contributed by atoms with Crippen LogP contribution in [0.4, 0.5) is 0 Å². The second kappa shape index (κ2) is 13.3. The highest BCUT2D eigenvalue weighted by Crippen LogP contribution is 2.39. The molecule has 0 radical (unpaired) electrons. The molecule has 2 aromatic carbocycles. The Morgan fingerprint density at radius 3 is 2.00 bits per heavy atom. The van der Waals surface area contributed by atoms with Gasteiger partial charge in [0, 0.05) is 10.8 Å². The van der Waals surface area contributed by atoms with Gasteiger partial charge in [0.15, 0.2) is 0 Å². The average Bonchev–Trinajstić information content (AvgIpc) is 2.77. The Kier molecular flexibility index (Phi) is 10.8. The quantitative estimate of drug-likeness (QED) is 0.193. The van der Waals surface area contributed by atoms with E-state index in [4.69, 9.17) is 0 Å². The molecule has 180 valence electrons. The Balaban J connectivity index is 1.80. The van der Waals surface area contributed by atoms with Crippen LogP contribution in [-0.4, -0.2) is 10.2 Å². The lowest BCUT2D eigenvalue weighted by atomic mass is 9.91. The number of fused-ring (bicyclic) bond motifs is 1. The van der Waals surface area contributed by atoms with Gasteiger partial charge < -0.3 is 16.6 Å². The Bertz CT molecular complexity index is 1000. The molecule has 0 spiro atoms. The third kappa shape index (κ3) is 8.42. The minimum Gasteiger partial charge on any atom is -0.507 e. The second-order valence-corrected chi connectivity index (χ2v) is 9.80. The number of benzene rings is 2. The fraction of sp³-hybridized carbons (Fsp3) is 0.452. The molecular weight excluding hydrogens is 404 g/mol. The van der Waals surface area contributed by atoms with Crippen LogP contribution in [0.2, 0.25) is 0 Å². The van der Waals surface area contributed by atoms with Gasteiger partial charge in [0.05, 0.1) is 0 Å². The maximum Gasteiger partial charge on any atom is 0.126 e. The normalized spacial score (nSPS) is 13.4. The molecule has 2 rings (SSSR count). The largest absolute Gasteiger partial charge is 0.507 e. The molecular formula is C31H43O2-. The number of phenols is 2. The van der Waals surface area contributed by atoms with E-state index in [1.165, 1.54) is 16.7 Å². The summed E-state index contributed by atoms with van der Waals surface area (Å²) < 4.78 is 0. The van der Waals surface area contributed by atoms with E-state index in [-0.39, 0.29) is 5.75 Å². The predicted molar refractivity (Wildman–Crippen MR) is 144 cm³/mol. The van der Waals surface area contributed by atoms with Crippen molar-refractivity contribution in [1.82, 2.24) is 0 Å². The van der Waals surface area contributed by atoms with Gasteiger partial charge >= 0.3 is 0 Å². The summed E-state index contributed by atoms with van der Waals surface area (Å²) in [6.07, 6.45) is 16.7. The molecule has 0 bridgehead atoms. The lowest BCUT2D eigenvalue weighted by Gasteiger charge is -2.23. The van der Waals surface area contributed by atoms with Crippen LogP contribution in [0.1, 0.15) is 84.3 Å². The maximum absolute atomic E-state index is 10.8.